The quantitative estimate of drug-likeness (QED) is 0.872. The summed E-state index contributed by atoms with van der Waals surface area (Å²) in [6.45, 7) is 4.69. The summed E-state index contributed by atoms with van der Waals surface area (Å²) in [7, 11) is 0. The SMILES string of the molecule is Cc1ccccc1CNC(C)c1ccc(F)c(F)c1. The Hall–Kier alpha value is -1.74. The van der Waals surface area contributed by atoms with Crippen LogP contribution < -0.4 is 5.32 Å². The molecule has 1 atom stereocenters. The fourth-order valence-electron chi connectivity index (χ4n) is 1.97. The predicted molar refractivity (Wildman–Crippen MR) is 72.8 cm³/mol. The molecular formula is C16H17F2N. The molecule has 0 bridgehead atoms. The van der Waals surface area contributed by atoms with Gasteiger partial charge in [-0.1, -0.05) is 30.3 Å². The molecule has 0 radical (unpaired) electrons. The summed E-state index contributed by atoms with van der Waals surface area (Å²) in [6, 6.07) is 12.1. The van der Waals surface area contributed by atoms with E-state index >= 15 is 0 Å². The third kappa shape index (κ3) is 3.38. The van der Waals surface area contributed by atoms with Crippen LogP contribution in [-0.4, -0.2) is 0 Å². The van der Waals surface area contributed by atoms with Crippen molar-refractivity contribution in [3.05, 3.63) is 70.8 Å². The number of rotatable bonds is 4. The van der Waals surface area contributed by atoms with Crippen LogP contribution in [0, 0.1) is 18.6 Å². The smallest absolute Gasteiger partial charge is 0.159 e. The highest BCUT2D eigenvalue weighted by Gasteiger charge is 2.09. The summed E-state index contributed by atoms with van der Waals surface area (Å²) >= 11 is 0. The van der Waals surface area contributed by atoms with Crippen LogP contribution in [0.3, 0.4) is 0 Å². The number of nitrogens with one attached hydrogen (secondary N) is 1. The third-order valence-corrected chi connectivity index (χ3v) is 3.30. The molecular weight excluding hydrogens is 244 g/mol. The number of hydrogen-bond donors (Lipinski definition) is 1. The van der Waals surface area contributed by atoms with E-state index in [2.05, 4.69) is 24.4 Å². The second kappa shape index (κ2) is 5.93. The molecule has 0 saturated carbocycles. The van der Waals surface area contributed by atoms with Crippen LogP contribution in [0.2, 0.25) is 0 Å². The molecule has 0 amide bonds. The van der Waals surface area contributed by atoms with Crippen LogP contribution in [-0.2, 0) is 6.54 Å². The summed E-state index contributed by atoms with van der Waals surface area (Å²) in [6.07, 6.45) is 0. The monoisotopic (exact) mass is 261 g/mol. The molecule has 0 aliphatic carbocycles. The Bertz CT molecular complexity index is 566. The Kier molecular flexibility index (Phi) is 4.27. The van der Waals surface area contributed by atoms with E-state index in [1.54, 1.807) is 6.07 Å². The second-order valence-corrected chi connectivity index (χ2v) is 4.70. The molecule has 1 N–H and O–H groups in total. The Labute approximate surface area is 112 Å². The van der Waals surface area contributed by atoms with Crippen molar-refractivity contribution in [3.8, 4) is 0 Å². The van der Waals surface area contributed by atoms with E-state index in [4.69, 9.17) is 0 Å². The van der Waals surface area contributed by atoms with Crippen molar-refractivity contribution in [1.29, 1.82) is 0 Å². The van der Waals surface area contributed by atoms with Crippen LogP contribution in [0.25, 0.3) is 0 Å². The maximum atomic E-state index is 13.2. The first-order valence-corrected chi connectivity index (χ1v) is 6.31. The van der Waals surface area contributed by atoms with Gasteiger partial charge in [-0.2, -0.15) is 0 Å². The minimum Gasteiger partial charge on any atom is -0.306 e. The van der Waals surface area contributed by atoms with E-state index in [1.165, 1.54) is 17.2 Å². The lowest BCUT2D eigenvalue weighted by molar-refractivity contribution is 0.500. The van der Waals surface area contributed by atoms with Gasteiger partial charge in [-0.3, -0.25) is 0 Å². The lowest BCUT2D eigenvalue weighted by Gasteiger charge is -2.15. The molecule has 0 aliphatic heterocycles. The largest absolute Gasteiger partial charge is 0.306 e. The summed E-state index contributed by atoms with van der Waals surface area (Å²) in [5.74, 6) is -1.61. The Balaban J connectivity index is 2.03. The van der Waals surface area contributed by atoms with Gasteiger partial charge >= 0.3 is 0 Å². The zero-order valence-electron chi connectivity index (χ0n) is 11.1. The lowest BCUT2D eigenvalue weighted by Crippen LogP contribution is -2.18. The van der Waals surface area contributed by atoms with Gasteiger partial charge in [0.25, 0.3) is 0 Å². The van der Waals surface area contributed by atoms with Crippen molar-refractivity contribution < 1.29 is 8.78 Å². The summed E-state index contributed by atoms with van der Waals surface area (Å²) in [5.41, 5.74) is 3.16. The zero-order chi connectivity index (χ0) is 13.8. The van der Waals surface area contributed by atoms with Crippen LogP contribution in [0.5, 0.6) is 0 Å². The van der Waals surface area contributed by atoms with Crippen LogP contribution in [0.15, 0.2) is 42.5 Å². The molecule has 0 heterocycles. The second-order valence-electron chi connectivity index (χ2n) is 4.70. The van der Waals surface area contributed by atoms with E-state index in [0.717, 1.165) is 11.6 Å². The zero-order valence-corrected chi connectivity index (χ0v) is 11.1. The predicted octanol–water partition coefficient (Wildman–Crippen LogP) is 4.12. The maximum absolute atomic E-state index is 13.2. The van der Waals surface area contributed by atoms with Gasteiger partial charge in [-0.15, -0.1) is 0 Å². The highest BCUT2D eigenvalue weighted by molar-refractivity contribution is 5.26. The number of hydrogen-bond acceptors (Lipinski definition) is 1. The van der Waals surface area contributed by atoms with Crippen molar-refractivity contribution in [1.82, 2.24) is 5.32 Å². The molecule has 1 nitrogen and oxygen atoms in total. The Morgan fingerprint density at radius 1 is 1.05 bits per heavy atom. The molecule has 0 fully saturated rings. The standard InChI is InChI=1S/C16H17F2N/c1-11-5-3-4-6-14(11)10-19-12(2)13-7-8-15(17)16(18)9-13/h3-9,12,19H,10H2,1-2H3. The number of benzene rings is 2. The minimum absolute atomic E-state index is 0.0327. The maximum Gasteiger partial charge on any atom is 0.159 e. The minimum atomic E-state index is -0.810. The molecule has 19 heavy (non-hydrogen) atoms. The first kappa shape index (κ1) is 13.7. The van der Waals surface area contributed by atoms with Gasteiger partial charge in [0.15, 0.2) is 11.6 Å². The molecule has 0 spiro atoms. The fourth-order valence-corrected chi connectivity index (χ4v) is 1.97. The van der Waals surface area contributed by atoms with Crippen molar-refractivity contribution in [2.75, 3.05) is 0 Å². The van der Waals surface area contributed by atoms with Crippen LogP contribution in [0.1, 0.15) is 29.7 Å². The third-order valence-electron chi connectivity index (χ3n) is 3.30. The normalized spacial score (nSPS) is 12.4. The average Bonchev–Trinajstić information content (AvgIpc) is 2.40. The highest BCUT2D eigenvalue weighted by atomic mass is 19.2. The molecule has 0 aliphatic rings. The van der Waals surface area contributed by atoms with E-state index in [9.17, 15) is 8.78 Å². The molecule has 100 valence electrons. The van der Waals surface area contributed by atoms with Gasteiger partial charge in [0, 0.05) is 12.6 Å². The molecule has 0 saturated heterocycles. The van der Waals surface area contributed by atoms with Gasteiger partial charge < -0.3 is 5.32 Å². The van der Waals surface area contributed by atoms with E-state index < -0.39 is 11.6 Å². The molecule has 2 aromatic carbocycles. The summed E-state index contributed by atoms with van der Waals surface area (Å²) in [4.78, 5) is 0. The Morgan fingerprint density at radius 3 is 2.47 bits per heavy atom. The number of aryl methyl sites for hydroxylation is 1. The summed E-state index contributed by atoms with van der Waals surface area (Å²) < 4.78 is 26.0. The van der Waals surface area contributed by atoms with Crippen molar-refractivity contribution in [2.24, 2.45) is 0 Å². The molecule has 2 aromatic rings. The number of halogens is 2. The van der Waals surface area contributed by atoms with Gasteiger partial charge in [0.05, 0.1) is 0 Å². The molecule has 2 rings (SSSR count). The topological polar surface area (TPSA) is 12.0 Å². The van der Waals surface area contributed by atoms with Gasteiger partial charge in [0.2, 0.25) is 0 Å². The van der Waals surface area contributed by atoms with Gasteiger partial charge in [-0.05, 0) is 42.7 Å². The van der Waals surface area contributed by atoms with E-state index in [0.29, 0.717) is 6.54 Å². The van der Waals surface area contributed by atoms with E-state index in [-0.39, 0.29) is 6.04 Å². The van der Waals surface area contributed by atoms with Crippen LogP contribution >= 0.6 is 0 Å². The fraction of sp³-hybridized carbons (Fsp3) is 0.250. The average molecular weight is 261 g/mol. The van der Waals surface area contributed by atoms with Crippen LogP contribution in [0.4, 0.5) is 8.78 Å². The van der Waals surface area contributed by atoms with Crippen molar-refractivity contribution in [2.45, 2.75) is 26.4 Å². The Morgan fingerprint density at radius 2 is 1.79 bits per heavy atom. The molecule has 0 aromatic heterocycles. The van der Waals surface area contributed by atoms with Gasteiger partial charge in [-0.25, -0.2) is 8.78 Å². The highest BCUT2D eigenvalue weighted by Crippen LogP contribution is 2.17. The first-order valence-electron chi connectivity index (χ1n) is 6.31. The molecule has 3 heteroatoms. The van der Waals surface area contributed by atoms with Gasteiger partial charge in [0.1, 0.15) is 0 Å². The lowest BCUT2D eigenvalue weighted by atomic mass is 10.1. The first-order chi connectivity index (χ1) is 9.08. The van der Waals surface area contributed by atoms with Crippen molar-refractivity contribution in [3.63, 3.8) is 0 Å². The van der Waals surface area contributed by atoms with Crippen molar-refractivity contribution >= 4 is 0 Å². The van der Waals surface area contributed by atoms with E-state index in [1.807, 2.05) is 19.1 Å². The summed E-state index contributed by atoms with van der Waals surface area (Å²) in [5, 5.41) is 3.31. The molecule has 1 unspecified atom stereocenters.